The molecular formula is C30H34N4O4S. The molecule has 0 spiro atoms. The first-order valence-corrected chi connectivity index (χ1v) is 14.1. The summed E-state index contributed by atoms with van der Waals surface area (Å²) in [7, 11) is 2.16. The van der Waals surface area contributed by atoms with E-state index in [2.05, 4.69) is 58.6 Å². The molecular weight excluding hydrogens is 512 g/mol. The fourth-order valence-electron chi connectivity index (χ4n) is 5.09. The van der Waals surface area contributed by atoms with Crippen molar-refractivity contribution < 1.29 is 19.7 Å². The molecule has 9 heteroatoms. The van der Waals surface area contributed by atoms with Crippen molar-refractivity contribution >= 4 is 39.3 Å². The zero-order valence-electron chi connectivity index (χ0n) is 22.3. The molecule has 3 heterocycles. The lowest BCUT2D eigenvalue weighted by atomic mass is 10.0. The number of carbonyl (C=O) groups excluding carboxylic acids is 1. The minimum absolute atomic E-state index is 0.0127. The maximum Gasteiger partial charge on any atom is 0.262 e. The Labute approximate surface area is 232 Å². The molecule has 2 saturated heterocycles. The highest BCUT2D eigenvalue weighted by atomic mass is 32.1. The van der Waals surface area contributed by atoms with Crippen LogP contribution in [0.5, 0.6) is 0 Å². The number of aliphatic hydroxyl groups excluding tert-OH is 2. The molecule has 5 rings (SSSR count). The van der Waals surface area contributed by atoms with Gasteiger partial charge in [0.15, 0.2) is 0 Å². The number of amides is 1. The molecule has 3 N–H and O–H groups in total. The van der Waals surface area contributed by atoms with E-state index in [-0.39, 0.29) is 12.1 Å². The second-order valence-corrected chi connectivity index (χ2v) is 11.4. The first-order valence-electron chi connectivity index (χ1n) is 13.3. The number of rotatable bonds is 6. The number of allylic oxidation sites excluding steroid dienone is 1. The van der Waals surface area contributed by atoms with Gasteiger partial charge in [-0.15, -0.1) is 11.3 Å². The van der Waals surface area contributed by atoms with Crippen molar-refractivity contribution in [2.75, 3.05) is 51.3 Å². The number of nitriles is 1. The van der Waals surface area contributed by atoms with E-state index < -0.39 is 24.2 Å². The van der Waals surface area contributed by atoms with E-state index in [0.29, 0.717) is 18.6 Å². The van der Waals surface area contributed by atoms with E-state index >= 15 is 0 Å². The predicted molar refractivity (Wildman–Crippen MR) is 155 cm³/mol. The normalized spacial score (nSPS) is 22.8. The van der Waals surface area contributed by atoms with Crippen LogP contribution in [0.1, 0.15) is 18.2 Å². The average molecular weight is 547 g/mol. The molecule has 2 fully saturated rings. The average Bonchev–Trinajstić information content (AvgIpc) is 3.44. The predicted octanol–water partition coefficient (Wildman–Crippen LogP) is 3.24. The van der Waals surface area contributed by atoms with Gasteiger partial charge in [0.1, 0.15) is 23.9 Å². The van der Waals surface area contributed by atoms with Gasteiger partial charge >= 0.3 is 0 Å². The first kappa shape index (κ1) is 27.3. The number of nitrogens with zero attached hydrogens (tertiary/aromatic N) is 3. The molecule has 0 unspecified atom stereocenters. The van der Waals surface area contributed by atoms with Gasteiger partial charge in [0.25, 0.3) is 5.91 Å². The topological polar surface area (TPSA) is 109 Å². The summed E-state index contributed by atoms with van der Waals surface area (Å²) in [4.78, 5) is 19.5. The highest BCUT2D eigenvalue weighted by Gasteiger charge is 2.32. The zero-order chi connectivity index (χ0) is 27.5. The Bertz CT molecular complexity index is 1420. The molecule has 0 saturated carbocycles. The zero-order valence-corrected chi connectivity index (χ0v) is 23.1. The van der Waals surface area contributed by atoms with Crippen LogP contribution in [-0.2, 0) is 9.53 Å². The standard InChI is InChI=1S/C30H34N4O4S/c1-19(24(17-31)30(37)32-18-26-29(36)25(35)9-14-38-26)27-7-8-28(39-27)22-4-3-21-16-23(6-5-20(21)15-22)34-12-10-33(2)11-13-34/h3-8,15-16,25-26,29,35-36H,9-14,18H2,1-2H3,(H,32,37)/b24-19+/t25-,26-,29+/m1/s1. The summed E-state index contributed by atoms with van der Waals surface area (Å²) < 4.78 is 5.47. The number of fused-ring (bicyclic) bond motifs is 1. The summed E-state index contributed by atoms with van der Waals surface area (Å²) in [5.74, 6) is -0.525. The Hall–Kier alpha value is -3.26. The highest BCUT2D eigenvalue weighted by Crippen LogP contribution is 2.35. The van der Waals surface area contributed by atoms with Crippen molar-refractivity contribution in [3.63, 3.8) is 0 Å². The van der Waals surface area contributed by atoms with Crippen molar-refractivity contribution in [2.24, 2.45) is 0 Å². The monoisotopic (exact) mass is 546 g/mol. The van der Waals surface area contributed by atoms with Gasteiger partial charge in [0.05, 0.1) is 6.10 Å². The van der Waals surface area contributed by atoms with E-state index in [0.717, 1.165) is 41.5 Å². The lowest BCUT2D eigenvalue weighted by Crippen LogP contribution is -2.50. The van der Waals surface area contributed by atoms with Crippen LogP contribution >= 0.6 is 11.3 Å². The molecule has 2 aromatic carbocycles. The number of likely N-dealkylation sites (N-methyl/N-ethyl adjacent to an activating group) is 1. The van der Waals surface area contributed by atoms with Crippen LogP contribution in [0.15, 0.2) is 54.1 Å². The van der Waals surface area contributed by atoms with E-state index in [1.54, 1.807) is 6.92 Å². The van der Waals surface area contributed by atoms with Gasteiger partial charge in [0, 0.05) is 54.8 Å². The van der Waals surface area contributed by atoms with Crippen LogP contribution in [0.2, 0.25) is 0 Å². The third kappa shape index (κ3) is 6.01. The lowest BCUT2D eigenvalue weighted by Gasteiger charge is -2.34. The molecule has 2 aliphatic rings. The maximum absolute atomic E-state index is 12.8. The Balaban J connectivity index is 1.30. The fourth-order valence-corrected chi connectivity index (χ4v) is 6.10. The van der Waals surface area contributed by atoms with E-state index in [4.69, 9.17) is 4.74 Å². The first-order chi connectivity index (χ1) is 18.8. The summed E-state index contributed by atoms with van der Waals surface area (Å²) in [5.41, 5.74) is 2.95. The van der Waals surface area contributed by atoms with Gasteiger partial charge < -0.3 is 30.1 Å². The van der Waals surface area contributed by atoms with E-state index in [1.165, 1.54) is 27.8 Å². The molecule has 39 heavy (non-hydrogen) atoms. The molecule has 1 amide bonds. The number of hydrogen-bond acceptors (Lipinski definition) is 8. The second-order valence-electron chi connectivity index (χ2n) is 10.3. The molecule has 2 aliphatic heterocycles. The van der Waals surface area contributed by atoms with Crippen molar-refractivity contribution in [2.45, 2.75) is 31.7 Å². The fraction of sp³-hybridized carbons (Fsp3) is 0.400. The Morgan fingerprint density at radius 2 is 1.85 bits per heavy atom. The lowest BCUT2D eigenvalue weighted by molar-refractivity contribution is -0.136. The van der Waals surface area contributed by atoms with Crippen molar-refractivity contribution in [1.29, 1.82) is 5.26 Å². The van der Waals surface area contributed by atoms with Gasteiger partial charge in [-0.05, 0) is 72.6 Å². The van der Waals surface area contributed by atoms with Crippen LogP contribution in [-0.4, -0.2) is 85.7 Å². The maximum atomic E-state index is 12.8. The van der Waals surface area contributed by atoms with Crippen LogP contribution in [0, 0.1) is 11.3 Å². The van der Waals surface area contributed by atoms with Gasteiger partial charge in [-0.2, -0.15) is 5.26 Å². The summed E-state index contributed by atoms with van der Waals surface area (Å²) >= 11 is 1.54. The van der Waals surface area contributed by atoms with Crippen LogP contribution < -0.4 is 10.2 Å². The molecule has 3 atom stereocenters. The second kappa shape index (κ2) is 11.9. The molecule has 1 aromatic heterocycles. The number of piperazine rings is 1. The molecule has 3 aromatic rings. The summed E-state index contributed by atoms with van der Waals surface area (Å²) in [5, 5.41) is 34.7. The van der Waals surface area contributed by atoms with Crippen molar-refractivity contribution in [3.05, 3.63) is 59.0 Å². The third-order valence-corrected chi connectivity index (χ3v) is 8.90. The number of thiophene rings is 1. The quantitative estimate of drug-likeness (QED) is 0.322. The Kier molecular flexibility index (Phi) is 8.31. The molecule has 204 valence electrons. The number of ether oxygens (including phenoxy) is 1. The van der Waals surface area contributed by atoms with Gasteiger partial charge in [-0.25, -0.2) is 0 Å². The largest absolute Gasteiger partial charge is 0.390 e. The summed E-state index contributed by atoms with van der Waals surface area (Å²) in [6.07, 6.45) is -2.32. The molecule has 8 nitrogen and oxygen atoms in total. The minimum atomic E-state index is -1.07. The molecule has 0 bridgehead atoms. The van der Waals surface area contributed by atoms with Crippen LogP contribution in [0.25, 0.3) is 26.8 Å². The summed E-state index contributed by atoms with van der Waals surface area (Å²) in [6, 6.07) is 19.1. The van der Waals surface area contributed by atoms with Crippen molar-refractivity contribution in [3.8, 4) is 16.5 Å². The van der Waals surface area contributed by atoms with Gasteiger partial charge in [-0.1, -0.05) is 18.2 Å². The number of anilines is 1. The Morgan fingerprint density at radius 3 is 2.62 bits per heavy atom. The van der Waals surface area contributed by atoms with Crippen LogP contribution in [0.3, 0.4) is 0 Å². The Morgan fingerprint density at radius 1 is 1.10 bits per heavy atom. The number of hydrogen-bond donors (Lipinski definition) is 3. The molecule has 0 radical (unpaired) electrons. The molecule has 0 aliphatic carbocycles. The number of benzene rings is 2. The van der Waals surface area contributed by atoms with E-state index in [9.17, 15) is 20.3 Å². The number of carbonyl (C=O) groups is 1. The van der Waals surface area contributed by atoms with Crippen LogP contribution in [0.4, 0.5) is 5.69 Å². The van der Waals surface area contributed by atoms with Gasteiger partial charge in [0.2, 0.25) is 0 Å². The highest BCUT2D eigenvalue weighted by molar-refractivity contribution is 7.16. The van der Waals surface area contributed by atoms with E-state index in [1.807, 2.05) is 18.2 Å². The smallest absolute Gasteiger partial charge is 0.262 e. The number of aliphatic hydroxyl groups is 2. The third-order valence-electron chi connectivity index (χ3n) is 7.65. The SMILES string of the molecule is C/C(=C(/C#N)C(=O)NC[C@H]1OCC[C@@H](O)[C@@H]1O)c1ccc(-c2ccc3cc(N4CCN(C)CC4)ccc3c2)s1. The summed E-state index contributed by atoms with van der Waals surface area (Å²) in [6.45, 7) is 6.30. The number of nitrogens with one attached hydrogen (secondary N) is 1. The minimum Gasteiger partial charge on any atom is -0.390 e. The van der Waals surface area contributed by atoms with Gasteiger partial charge in [-0.3, -0.25) is 4.79 Å². The van der Waals surface area contributed by atoms with Crippen molar-refractivity contribution in [1.82, 2.24) is 10.2 Å².